The van der Waals surface area contributed by atoms with Crippen molar-refractivity contribution in [1.29, 1.82) is 0 Å². The van der Waals surface area contributed by atoms with E-state index in [1.54, 1.807) is 0 Å². The second-order valence-electron chi connectivity index (χ2n) is 5.22. The smallest absolute Gasteiger partial charge is 0.211 e. The van der Waals surface area contributed by atoms with Gasteiger partial charge in [0.25, 0.3) is 0 Å². The molecule has 0 N–H and O–H groups in total. The van der Waals surface area contributed by atoms with Gasteiger partial charge < -0.3 is 9.64 Å². The molecule has 1 saturated heterocycles. The maximum absolute atomic E-state index is 5.42. The van der Waals surface area contributed by atoms with Gasteiger partial charge in [-0.25, -0.2) is 0 Å². The highest BCUT2D eigenvalue weighted by Gasteiger charge is 2.12. The molecule has 0 amide bonds. The molecule has 0 aliphatic carbocycles. The normalized spacial score (nSPS) is 15.9. The molecule has 0 spiro atoms. The first-order valence-electron chi connectivity index (χ1n) is 7.07. The van der Waals surface area contributed by atoms with Crippen LogP contribution in [0.4, 0.5) is 5.69 Å². The SMILES string of the molecule is c1cc[n+]2cc3ccc(N4CCOCC4)cc3cc2c1. The number of nitrogens with zero attached hydrogens (tertiary/aromatic N) is 2. The van der Waals surface area contributed by atoms with E-state index < -0.39 is 0 Å². The Labute approximate surface area is 118 Å². The molecule has 0 saturated carbocycles. The van der Waals surface area contributed by atoms with E-state index in [4.69, 9.17) is 4.74 Å². The van der Waals surface area contributed by atoms with Crippen molar-refractivity contribution >= 4 is 22.0 Å². The fourth-order valence-corrected chi connectivity index (χ4v) is 2.84. The molecule has 0 radical (unpaired) electrons. The molecular formula is C17H17N2O+. The van der Waals surface area contributed by atoms with Gasteiger partial charge in [0.2, 0.25) is 5.52 Å². The Hall–Kier alpha value is -2.13. The molecule has 0 bridgehead atoms. The van der Waals surface area contributed by atoms with E-state index in [0.29, 0.717) is 0 Å². The Morgan fingerprint density at radius 1 is 0.950 bits per heavy atom. The fourth-order valence-electron chi connectivity index (χ4n) is 2.84. The monoisotopic (exact) mass is 265 g/mol. The molecule has 3 nitrogen and oxygen atoms in total. The van der Waals surface area contributed by atoms with Crippen LogP contribution in [0.25, 0.3) is 16.3 Å². The topological polar surface area (TPSA) is 16.6 Å². The standard InChI is InChI=1S/C17H17N2O/c1-2-6-19-13-14-4-5-17(18-7-9-20-10-8-18)12-15(14)11-16(19)3-1/h1-6,11-13H,7-10H2/q+1. The van der Waals surface area contributed by atoms with Crippen LogP contribution in [-0.2, 0) is 4.74 Å². The van der Waals surface area contributed by atoms with Gasteiger partial charge in [-0.05, 0) is 29.7 Å². The Bertz CT molecular complexity index is 763. The third-order valence-electron chi connectivity index (χ3n) is 3.95. The second-order valence-corrected chi connectivity index (χ2v) is 5.22. The van der Waals surface area contributed by atoms with Gasteiger partial charge >= 0.3 is 0 Å². The van der Waals surface area contributed by atoms with E-state index in [9.17, 15) is 0 Å². The lowest BCUT2D eigenvalue weighted by molar-refractivity contribution is -0.510. The average Bonchev–Trinajstić information content (AvgIpc) is 2.53. The number of ether oxygens (including phenoxy) is 1. The molecular weight excluding hydrogens is 248 g/mol. The highest BCUT2D eigenvalue weighted by Crippen LogP contribution is 2.22. The van der Waals surface area contributed by atoms with Gasteiger partial charge in [-0.15, -0.1) is 0 Å². The van der Waals surface area contributed by atoms with E-state index in [-0.39, 0.29) is 0 Å². The minimum absolute atomic E-state index is 0.825. The highest BCUT2D eigenvalue weighted by atomic mass is 16.5. The summed E-state index contributed by atoms with van der Waals surface area (Å²) >= 11 is 0. The van der Waals surface area contributed by atoms with Crippen LogP contribution >= 0.6 is 0 Å². The molecule has 1 aliphatic heterocycles. The van der Waals surface area contributed by atoms with Gasteiger partial charge in [-0.3, -0.25) is 0 Å². The highest BCUT2D eigenvalue weighted by molar-refractivity contribution is 5.87. The number of aromatic nitrogens is 1. The van der Waals surface area contributed by atoms with E-state index in [0.717, 1.165) is 26.3 Å². The summed E-state index contributed by atoms with van der Waals surface area (Å²) in [7, 11) is 0. The zero-order valence-electron chi connectivity index (χ0n) is 11.3. The zero-order valence-corrected chi connectivity index (χ0v) is 11.3. The van der Waals surface area contributed by atoms with E-state index in [2.05, 4.69) is 64.2 Å². The third-order valence-corrected chi connectivity index (χ3v) is 3.95. The van der Waals surface area contributed by atoms with Gasteiger partial charge in [-0.2, -0.15) is 4.40 Å². The number of benzene rings is 1. The largest absolute Gasteiger partial charge is 0.378 e. The van der Waals surface area contributed by atoms with Crippen molar-refractivity contribution in [2.75, 3.05) is 31.2 Å². The van der Waals surface area contributed by atoms with Gasteiger partial charge in [0.15, 0.2) is 12.4 Å². The summed E-state index contributed by atoms with van der Waals surface area (Å²) in [5.74, 6) is 0. The van der Waals surface area contributed by atoms with Gasteiger partial charge in [0.05, 0.1) is 13.2 Å². The number of pyridine rings is 2. The van der Waals surface area contributed by atoms with Crippen molar-refractivity contribution in [2.45, 2.75) is 0 Å². The molecule has 0 atom stereocenters. The Morgan fingerprint density at radius 2 is 1.85 bits per heavy atom. The van der Waals surface area contributed by atoms with Crippen molar-refractivity contribution in [3.63, 3.8) is 0 Å². The molecule has 1 aromatic carbocycles. The molecule has 2 aromatic heterocycles. The van der Waals surface area contributed by atoms with Crippen LogP contribution in [0.5, 0.6) is 0 Å². The van der Waals surface area contributed by atoms with Crippen LogP contribution in [0.15, 0.2) is 54.9 Å². The fraction of sp³-hybridized carbons (Fsp3) is 0.235. The lowest BCUT2D eigenvalue weighted by Crippen LogP contribution is -2.36. The maximum Gasteiger partial charge on any atom is 0.211 e. The quantitative estimate of drug-likeness (QED) is 0.496. The summed E-state index contributed by atoms with van der Waals surface area (Å²) in [6.07, 6.45) is 4.28. The molecule has 20 heavy (non-hydrogen) atoms. The number of rotatable bonds is 1. The van der Waals surface area contributed by atoms with E-state index >= 15 is 0 Å². The Balaban J connectivity index is 1.83. The minimum atomic E-state index is 0.825. The van der Waals surface area contributed by atoms with Crippen molar-refractivity contribution in [3.8, 4) is 0 Å². The van der Waals surface area contributed by atoms with Gasteiger partial charge in [0.1, 0.15) is 0 Å². The first-order chi connectivity index (χ1) is 9.90. The molecule has 1 aliphatic rings. The maximum atomic E-state index is 5.42. The summed E-state index contributed by atoms with van der Waals surface area (Å²) in [6, 6.07) is 15.2. The predicted octanol–water partition coefficient (Wildman–Crippen LogP) is 2.42. The van der Waals surface area contributed by atoms with Crippen LogP contribution in [0, 0.1) is 0 Å². The number of hydrogen-bond donors (Lipinski definition) is 0. The molecule has 3 heterocycles. The molecule has 1 fully saturated rings. The average molecular weight is 265 g/mol. The summed E-state index contributed by atoms with van der Waals surface area (Å²) in [4.78, 5) is 2.39. The van der Waals surface area contributed by atoms with Crippen LogP contribution in [-0.4, -0.2) is 26.3 Å². The Kier molecular flexibility index (Phi) is 2.78. The molecule has 100 valence electrons. The zero-order chi connectivity index (χ0) is 13.4. The summed E-state index contributed by atoms with van der Waals surface area (Å²) < 4.78 is 7.58. The third kappa shape index (κ3) is 2.00. The number of morpholine rings is 1. The van der Waals surface area contributed by atoms with Crippen LogP contribution in [0.3, 0.4) is 0 Å². The molecule has 0 unspecified atom stereocenters. The van der Waals surface area contributed by atoms with Gasteiger partial charge in [-0.1, -0.05) is 0 Å². The van der Waals surface area contributed by atoms with E-state index in [1.807, 2.05) is 0 Å². The number of fused-ring (bicyclic) bond motifs is 2. The van der Waals surface area contributed by atoms with Crippen molar-refractivity contribution in [2.24, 2.45) is 0 Å². The summed E-state index contributed by atoms with van der Waals surface area (Å²) in [6.45, 7) is 3.61. The summed E-state index contributed by atoms with van der Waals surface area (Å²) in [5.41, 5.74) is 2.51. The van der Waals surface area contributed by atoms with Gasteiger partial charge in [0, 0.05) is 42.4 Å². The van der Waals surface area contributed by atoms with Crippen LogP contribution < -0.4 is 9.30 Å². The van der Waals surface area contributed by atoms with Crippen LogP contribution in [0.2, 0.25) is 0 Å². The minimum Gasteiger partial charge on any atom is -0.378 e. The molecule has 4 rings (SSSR count). The first kappa shape index (κ1) is 11.7. The molecule has 3 aromatic rings. The predicted molar refractivity (Wildman–Crippen MR) is 80.1 cm³/mol. The second kappa shape index (κ2) is 4.76. The lowest BCUT2D eigenvalue weighted by Gasteiger charge is -2.28. The lowest BCUT2D eigenvalue weighted by atomic mass is 10.1. The number of anilines is 1. The van der Waals surface area contributed by atoms with E-state index in [1.165, 1.54) is 22.0 Å². The Morgan fingerprint density at radius 3 is 2.75 bits per heavy atom. The van der Waals surface area contributed by atoms with Crippen molar-refractivity contribution in [3.05, 3.63) is 54.9 Å². The first-order valence-corrected chi connectivity index (χ1v) is 7.07. The number of hydrogen-bond acceptors (Lipinski definition) is 2. The molecule has 3 heteroatoms. The summed E-state index contributed by atoms with van der Waals surface area (Å²) in [5, 5.41) is 2.56. The van der Waals surface area contributed by atoms with Crippen LogP contribution in [0.1, 0.15) is 0 Å². The van der Waals surface area contributed by atoms with Crippen molar-refractivity contribution in [1.82, 2.24) is 0 Å². The van der Waals surface area contributed by atoms with Crippen molar-refractivity contribution < 1.29 is 9.14 Å².